The molecule has 152 valence electrons. The zero-order valence-corrected chi connectivity index (χ0v) is 18.3. The van der Waals surface area contributed by atoms with Crippen LogP contribution < -0.4 is 0 Å². The maximum atomic E-state index is 12.2. The first-order valence-electron chi connectivity index (χ1n) is 10.0. The largest absolute Gasteiger partial charge is 0.507 e. The van der Waals surface area contributed by atoms with Gasteiger partial charge in [0.05, 0.1) is 12.2 Å². The van der Waals surface area contributed by atoms with E-state index >= 15 is 0 Å². The zero-order chi connectivity index (χ0) is 21.1. The molecule has 28 heavy (non-hydrogen) atoms. The molecule has 0 fully saturated rings. The molecule has 0 aliphatic heterocycles. The van der Waals surface area contributed by atoms with Crippen LogP contribution in [0.15, 0.2) is 36.4 Å². The lowest BCUT2D eigenvalue weighted by Gasteiger charge is -2.28. The van der Waals surface area contributed by atoms with Gasteiger partial charge in [-0.15, -0.1) is 0 Å². The molecule has 0 amide bonds. The van der Waals surface area contributed by atoms with Gasteiger partial charge in [0.25, 0.3) is 0 Å². The number of aromatic hydroxyl groups is 1. The van der Waals surface area contributed by atoms with E-state index in [4.69, 9.17) is 4.74 Å². The number of hydrogen-bond donors (Lipinski definition) is 1. The second-order valence-corrected chi connectivity index (χ2v) is 9.59. The van der Waals surface area contributed by atoms with Crippen LogP contribution in [0.1, 0.15) is 80.6 Å². The molecule has 0 heterocycles. The van der Waals surface area contributed by atoms with E-state index in [1.165, 1.54) is 5.56 Å². The molecular weight excluding hydrogens is 348 g/mol. The van der Waals surface area contributed by atoms with Crippen molar-refractivity contribution >= 4 is 5.97 Å². The van der Waals surface area contributed by atoms with E-state index in [9.17, 15) is 9.90 Å². The van der Waals surface area contributed by atoms with Crippen molar-refractivity contribution in [3.05, 3.63) is 64.2 Å². The number of benzene rings is 2. The van der Waals surface area contributed by atoms with Gasteiger partial charge in [-0.25, -0.2) is 4.79 Å². The lowest BCUT2D eigenvalue weighted by molar-refractivity contribution is 0.0500. The normalized spacial score (nSPS) is 12.1. The number of carbonyl (C=O) groups excluding carboxylic acids is 1. The highest BCUT2D eigenvalue weighted by Crippen LogP contribution is 2.39. The summed E-state index contributed by atoms with van der Waals surface area (Å²) in [4.78, 5) is 12.2. The fourth-order valence-electron chi connectivity index (χ4n) is 3.30. The molecule has 2 rings (SSSR count). The topological polar surface area (TPSA) is 46.5 Å². The molecule has 0 atom stereocenters. The monoisotopic (exact) mass is 382 g/mol. The molecule has 0 aliphatic rings. The molecule has 2 aromatic rings. The Morgan fingerprint density at radius 3 is 2.00 bits per heavy atom. The molecule has 3 heteroatoms. The Kier molecular flexibility index (Phi) is 6.59. The second-order valence-electron chi connectivity index (χ2n) is 9.59. The third-order valence-corrected chi connectivity index (χ3v) is 4.99. The molecule has 0 saturated carbocycles. The third-order valence-electron chi connectivity index (χ3n) is 4.99. The van der Waals surface area contributed by atoms with Crippen molar-refractivity contribution in [2.75, 3.05) is 6.61 Å². The summed E-state index contributed by atoms with van der Waals surface area (Å²) in [6, 6.07) is 11.7. The maximum absolute atomic E-state index is 12.2. The third kappa shape index (κ3) is 5.37. The molecule has 0 aromatic heterocycles. The van der Waals surface area contributed by atoms with Gasteiger partial charge in [-0.05, 0) is 58.9 Å². The van der Waals surface area contributed by atoms with Gasteiger partial charge in [0.15, 0.2) is 0 Å². The minimum absolute atomic E-state index is 0.141. The van der Waals surface area contributed by atoms with Crippen LogP contribution in [0.2, 0.25) is 0 Å². The van der Waals surface area contributed by atoms with Crippen LogP contribution in [0.25, 0.3) is 0 Å². The summed E-state index contributed by atoms with van der Waals surface area (Å²) in [5.74, 6) is 0.129. The summed E-state index contributed by atoms with van der Waals surface area (Å²) in [6.07, 6.45) is 1.54. The van der Waals surface area contributed by atoms with Crippen LogP contribution in [0.5, 0.6) is 5.75 Å². The highest BCUT2D eigenvalue weighted by atomic mass is 16.5. The molecule has 1 N–H and O–H groups in total. The Bertz CT molecular complexity index is 801. The molecule has 0 saturated heterocycles. The quantitative estimate of drug-likeness (QED) is 0.503. The van der Waals surface area contributed by atoms with Crippen molar-refractivity contribution in [3.8, 4) is 5.75 Å². The summed E-state index contributed by atoms with van der Waals surface area (Å²) in [6.45, 7) is 15.0. The molecule has 0 radical (unpaired) electrons. The van der Waals surface area contributed by atoms with Gasteiger partial charge in [0.2, 0.25) is 0 Å². The highest BCUT2D eigenvalue weighted by molar-refractivity contribution is 5.90. The number of aryl methyl sites for hydroxylation is 2. The number of phenolic OH excluding ortho intramolecular Hbond substituents is 1. The number of rotatable bonds is 5. The van der Waals surface area contributed by atoms with Gasteiger partial charge in [0.1, 0.15) is 5.75 Å². The molecule has 3 nitrogen and oxygen atoms in total. The van der Waals surface area contributed by atoms with Crippen LogP contribution in [0.3, 0.4) is 0 Å². The Morgan fingerprint density at radius 2 is 1.50 bits per heavy atom. The van der Waals surface area contributed by atoms with Crippen LogP contribution in [0.4, 0.5) is 0 Å². The summed E-state index contributed by atoms with van der Waals surface area (Å²) < 4.78 is 5.46. The van der Waals surface area contributed by atoms with E-state index in [0.29, 0.717) is 17.9 Å². The average Bonchev–Trinajstić information content (AvgIpc) is 2.58. The van der Waals surface area contributed by atoms with E-state index < -0.39 is 0 Å². The van der Waals surface area contributed by atoms with Gasteiger partial charge < -0.3 is 9.84 Å². The van der Waals surface area contributed by atoms with E-state index in [1.54, 1.807) is 6.07 Å². The minimum Gasteiger partial charge on any atom is -0.507 e. The first-order chi connectivity index (χ1) is 12.9. The lowest BCUT2D eigenvalue weighted by atomic mass is 9.78. The smallest absolute Gasteiger partial charge is 0.338 e. The lowest BCUT2D eigenvalue weighted by Crippen LogP contribution is -2.18. The molecular formula is C25H34O3. The van der Waals surface area contributed by atoms with E-state index in [2.05, 4.69) is 53.7 Å². The molecule has 0 bridgehead atoms. The Hall–Kier alpha value is -2.29. The van der Waals surface area contributed by atoms with Crippen LogP contribution in [-0.2, 0) is 22.0 Å². The number of phenols is 1. The van der Waals surface area contributed by atoms with Gasteiger partial charge in [-0.3, -0.25) is 0 Å². The summed E-state index contributed by atoms with van der Waals surface area (Å²) in [7, 11) is 0. The van der Waals surface area contributed by atoms with Crippen LogP contribution in [0, 0.1) is 6.92 Å². The van der Waals surface area contributed by atoms with Crippen LogP contribution in [-0.4, -0.2) is 17.7 Å². The Labute approximate surface area is 169 Å². The molecule has 2 aromatic carbocycles. The number of hydrogen-bond acceptors (Lipinski definition) is 3. The van der Waals surface area contributed by atoms with Crippen molar-refractivity contribution < 1.29 is 14.6 Å². The molecule has 0 spiro atoms. The molecule has 0 aliphatic carbocycles. The SMILES string of the molecule is Cc1ccccc1C(=O)OCCCc1cc(C(C)(C)C)c(O)c(C(C)(C)C)c1. The van der Waals surface area contributed by atoms with Crippen molar-refractivity contribution in [2.45, 2.75) is 72.1 Å². The first-order valence-corrected chi connectivity index (χ1v) is 10.0. The summed E-state index contributed by atoms with van der Waals surface area (Å²) in [5, 5.41) is 10.8. The zero-order valence-electron chi connectivity index (χ0n) is 18.3. The molecule has 0 unspecified atom stereocenters. The Balaban J connectivity index is 2.10. The van der Waals surface area contributed by atoms with Gasteiger partial charge >= 0.3 is 5.97 Å². The van der Waals surface area contributed by atoms with E-state index in [-0.39, 0.29) is 16.8 Å². The van der Waals surface area contributed by atoms with Gasteiger partial charge in [-0.1, -0.05) is 71.9 Å². The number of esters is 1. The maximum Gasteiger partial charge on any atom is 0.338 e. The van der Waals surface area contributed by atoms with Crippen molar-refractivity contribution in [2.24, 2.45) is 0 Å². The fraction of sp³-hybridized carbons (Fsp3) is 0.480. The average molecular weight is 383 g/mol. The number of carbonyl (C=O) groups is 1. The summed E-state index contributed by atoms with van der Waals surface area (Å²) in [5.41, 5.74) is 4.36. The van der Waals surface area contributed by atoms with E-state index in [1.807, 2.05) is 25.1 Å². The summed E-state index contributed by atoms with van der Waals surface area (Å²) >= 11 is 0. The fourth-order valence-corrected chi connectivity index (χ4v) is 3.30. The van der Waals surface area contributed by atoms with Crippen LogP contribution >= 0.6 is 0 Å². The van der Waals surface area contributed by atoms with Crippen molar-refractivity contribution in [1.82, 2.24) is 0 Å². The van der Waals surface area contributed by atoms with Gasteiger partial charge in [0, 0.05) is 0 Å². The van der Waals surface area contributed by atoms with Gasteiger partial charge in [-0.2, -0.15) is 0 Å². The second kappa shape index (κ2) is 8.38. The highest BCUT2D eigenvalue weighted by Gasteiger charge is 2.26. The van der Waals surface area contributed by atoms with E-state index in [0.717, 1.165) is 29.5 Å². The Morgan fingerprint density at radius 1 is 0.964 bits per heavy atom. The van der Waals surface area contributed by atoms with Crippen molar-refractivity contribution in [1.29, 1.82) is 0 Å². The standard InChI is InChI=1S/C25H34O3/c1-17-11-8-9-13-19(17)23(27)28-14-10-12-18-15-20(24(2,3)4)22(26)21(16-18)25(5,6)7/h8-9,11,13,15-16,26H,10,12,14H2,1-7H3. The minimum atomic E-state index is -0.269. The number of ether oxygens (including phenoxy) is 1. The van der Waals surface area contributed by atoms with Crippen molar-refractivity contribution in [3.63, 3.8) is 0 Å². The first kappa shape index (κ1) is 22.0. The predicted octanol–water partition coefficient (Wildman–Crippen LogP) is 6.09. The predicted molar refractivity (Wildman–Crippen MR) is 115 cm³/mol.